The number of aromatic amines is 1. The number of aromatic carboxylic acids is 1. The van der Waals surface area contributed by atoms with Gasteiger partial charge < -0.3 is 14.6 Å². The number of pyridine rings is 1. The van der Waals surface area contributed by atoms with Crippen molar-refractivity contribution >= 4 is 32.9 Å². The fraction of sp³-hybridized carbons (Fsp3) is 0.0952. The van der Waals surface area contributed by atoms with E-state index >= 15 is 0 Å². The highest BCUT2D eigenvalue weighted by atomic mass is 79.9. The van der Waals surface area contributed by atoms with Crippen LogP contribution < -0.4 is 9.47 Å². The van der Waals surface area contributed by atoms with Crippen LogP contribution in [-0.2, 0) is 0 Å². The number of para-hydroxylation sites is 1. The number of hydrogen-bond acceptors (Lipinski definition) is 5. The number of halogens is 1. The number of nitrogens with one attached hydrogen (secondary N) is 1. The summed E-state index contributed by atoms with van der Waals surface area (Å²) in [5.41, 5.74) is 2.86. The lowest BCUT2D eigenvalue weighted by molar-refractivity contribution is 0.0699. The molecule has 0 spiro atoms. The number of hydrogen-bond donors (Lipinski definition) is 2. The minimum Gasteiger partial charge on any atom is -0.493 e. The number of carboxylic acids is 1. The number of methoxy groups -OCH3 is 2. The first-order chi connectivity index (χ1) is 14.0. The Morgan fingerprint density at radius 1 is 1.10 bits per heavy atom. The van der Waals surface area contributed by atoms with E-state index in [4.69, 9.17) is 9.47 Å². The zero-order valence-electron chi connectivity index (χ0n) is 15.6. The largest absolute Gasteiger partial charge is 0.493 e. The summed E-state index contributed by atoms with van der Waals surface area (Å²) in [6.45, 7) is 0. The Kier molecular flexibility index (Phi) is 4.94. The summed E-state index contributed by atoms with van der Waals surface area (Å²) in [6.07, 6.45) is 0. The summed E-state index contributed by atoms with van der Waals surface area (Å²) in [5, 5.41) is 17.5. The van der Waals surface area contributed by atoms with Crippen molar-refractivity contribution in [1.82, 2.24) is 15.2 Å². The molecular formula is C21H16BrN3O4. The molecule has 146 valence electrons. The second kappa shape index (κ2) is 7.56. The lowest BCUT2D eigenvalue weighted by atomic mass is 10.0. The van der Waals surface area contributed by atoms with E-state index in [1.165, 1.54) is 13.2 Å². The molecule has 2 aromatic carbocycles. The molecule has 0 fully saturated rings. The number of aromatic nitrogens is 3. The van der Waals surface area contributed by atoms with E-state index in [2.05, 4.69) is 31.1 Å². The minimum absolute atomic E-state index is 0.0986. The number of ether oxygens (including phenoxy) is 2. The Morgan fingerprint density at radius 2 is 1.86 bits per heavy atom. The highest BCUT2D eigenvalue weighted by Gasteiger charge is 2.21. The van der Waals surface area contributed by atoms with Gasteiger partial charge in [-0.1, -0.05) is 34.1 Å². The molecule has 0 atom stereocenters. The molecule has 8 heteroatoms. The molecule has 0 saturated heterocycles. The van der Waals surface area contributed by atoms with Gasteiger partial charge >= 0.3 is 5.97 Å². The Labute approximate surface area is 174 Å². The predicted molar refractivity (Wildman–Crippen MR) is 113 cm³/mol. The van der Waals surface area contributed by atoms with Gasteiger partial charge in [0.15, 0.2) is 17.1 Å². The topological polar surface area (TPSA) is 97.3 Å². The molecule has 29 heavy (non-hydrogen) atoms. The van der Waals surface area contributed by atoms with Gasteiger partial charge in [-0.2, -0.15) is 5.10 Å². The van der Waals surface area contributed by atoms with Crippen molar-refractivity contribution in [3.8, 4) is 34.0 Å². The van der Waals surface area contributed by atoms with Gasteiger partial charge in [0.2, 0.25) is 0 Å². The molecule has 0 aliphatic carbocycles. The molecule has 4 rings (SSSR count). The van der Waals surface area contributed by atoms with Gasteiger partial charge in [-0.15, -0.1) is 0 Å². The van der Waals surface area contributed by atoms with Crippen LogP contribution in [0.1, 0.15) is 10.4 Å². The van der Waals surface area contributed by atoms with Crippen LogP contribution >= 0.6 is 15.9 Å². The van der Waals surface area contributed by atoms with Crippen LogP contribution in [0.4, 0.5) is 0 Å². The van der Waals surface area contributed by atoms with Gasteiger partial charge in [-0.3, -0.25) is 5.10 Å². The van der Waals surface area contributed by atoms with E-state index in [1.807, 2.05) is 24.3 Å². The van der Waals surface area contributed by atoms with Crippen LogP contribution in [0.15, 0.2) is 53.0 Å². The Morgan fingerprint density at radius 3 is 2.52 bits per heavy atom. The zero-order chi connectivity index (χ0) is 20.5. The molecule has 2 heterocycles. The standard InChI is InChI=1S/C21H16BrN3O4/c1-28-16-5-3-4-13(19(16)29-2)15-10-14(21(26)27)17-18(24-25-20(17)23-15)11-6-8-12(22)9-7-11/h3-10H,1-2H3,(H,26,27)(H,23,24,25). The number of carboxylic acid groups (broad SMARTS) is 1. The van der Waals surface area contributed by atoms with E-state index in [0.717, 1.165) is 10.0 Å². The van der Waals surface area contributed by atoms with Gasteiger partial charge in [0.25, 0.3) is 0 Å². The van der Waals surface area contributed by atoms with Crippen molar-refractivity contribution in [1.29, 1.82) is 0 Å². The second-order valence-electron chi connectivity index (χ2n) is 6.21. The maximum atomic E-state index is 12.1. The molecule has 7 nitrogen and oxygen atoms in total. The Bertz CT molecular complexity index is 1220. The molecule has 2 aromatic heterocycles. The number of H-pyrrole nitrogens is 1. The third kappa shape index (κ3) is 3.31. The van der Waals surface area contributed by atoms with Crippen molar-refractivity contribution in [3.63, 3.8) is 0 Å². The maximum absolute atomic E-state index is 12.1. The van der Waals surface area contributed by atoms with Crippen LogP contribution in [0.25, 0.3) is 33.5 Å². The number of rotatable bonds is 5. The summed E-state index contributed by atoms with van der Waals surface area (Å²) >= 11 is 3.40. The molecule has 2 N–H and O–H groups in total. The van der Waals surface area contributed by atoms with Crippen molar-refractivity contribution in [3.05, 3.63) is 58.6 Å². The summed E-state index contributed by atoms with van der Waals surface area (Å²) in [4.78, 5) is 16.7. The van der Waals surface area contributed by atoms with Crippen molar-refractivity contribution < 1.29 is 19.4 Å². The predicted octanol–water partition coefficient (Wildman–Crippen LogP) is 4.77. The summed E-state index contributed by atoms with van der Waals surface area (Å²) in [6, 6.07) is 14.4. The quantitative estimate of drug-likeness (QED) is 0.451. The van der Waals surface area contributed by atoms with Gasteiger partial charge in [0.05, 0.1) is 36.6 Å². The number of carbonyl (C=O) groups is 1. The van der Waals surface area contributed by atoms with Crippen molar-refractivity contribution in [2.75, 3.05) is 14.2 Å². The van der Waals surface area contributed by atoms with Crippen LogP contribution in [0, 0.1) is 0 Å². The highest BCUT2D eigenvalue weighted by Crippen LogP contribution is 2.39. The lowest BCUT2D eigenvalue weighted by Crippen LogP contribution is -2.01. The molecule has 0 aliphatic rings. The van der Waals surface area contributed by atoms with E-state index in [-0.39, 0.29) is 5.56 Å². The van der Waals surface area contributed by atoms with Gasteiger partial charge in [-0.25, -0.2) is 9.78 Å². The SMILES string of the molecule is COc1cccc(-c2cc(C(=O)O)c3c(-c4ccc(Br)cc4)[nH]nc3n2)c1OC. The van der Waals surface area contributed by atoms with Crippen LogP contribution in [-0.4, -0.2) is 40.5 Å². The smallest absolute Gasteiger partial charge is 0.336 e. The normalized spacial score (nSPS) is 10.9. The third-order valence-corrected chi connectivity index (χ3v) is 5.09. The minimum atomic E-state index is -1.07. The van der Waals surface area contributed by atoms with Crippen molar-refractivity contribution in [2.45, 2.75) is 0 Å². The third-order valence-electron chi connectivity index (χ3n) is 4.57. The summed E-state index contributed by atoms with van der Waals surface area (Å²) in [5.74, 6) is -0.0662. The Balaban J connectivity index is 1.97. The van der Waals surface area contributed by atoms with Gasteiger partial charge in [0.1, 0.15) is 0 Å². The first-order valence-corrected chi connectivity index (χ1v) is 9.42. The fourth-order valence-corrected chi connectivity index (χ4v) is 3.51. The van der Waals surface area contributed by atoms with Crippen LogP contribution in [0.2, 0.25) is 0 Å². The first-order valence-electron chi connectivity index (χ1n) is 8.63. The molecule has 0 bridgehead atoms. The molecule has 0 amide bonds. The van der Waals surface area contributed by atoms with E-state index < -0.39 is 5.97 Å². The molecular weight excluding hydrogens is 438 g/mol. The molecule has 4 aromatic rings. The average molecular weight is 454 g/mol. The van der Waals surface area contributed by atoms with E-state index in [0.29, 0.717) is 39.5 Å². The van der Waals surface area contributed by atoms with E-state index in [9.17, 15) is 9.90 Å². The summed E-state index contributed by atoms with van der Waals surface area (Å²) < 4.78 is 11.7. The lowest BCUT2D eigenvalue weighted by Gasteiger charge is -2.12. The fourth-order valence-electron chi connectivity index (χ4n) is 3.24. The molecule has 0 unspecified atom stereocenters. The van der Waals surface area contributed by atoms with Crippen molar-refractivity contribution in [2.24, 2.45) is 0 Å². The van der Waals surface area contributed by atoms with Crippen LogP contribution in [0.3, 0.4) is 0 Å². The highest BCUT2D eigenvalue weighted by molar-refractivity contribution is 9.10. The van der Waals surface area contributed by atoms with Gasteiger partial charge in [-0.05, 0) is 30.3 Å². The molecule has 0 saturated carbocycles. The summed E-state index contributed by atoms with van der Waals surface area (Å²) in [7, 11) is 3.07. The average Bonchev–Trinajstić information content (AvgIpc) is 3.16. The monoisotopic (exact) mass is 453 g/mol. The molecule has 0 aliphatic heterocycles. The Hall–Kier alpha value is -3.39. The van der Waals surface area contributed by atoms with Gasteiger partial charge in [0, 0.05) is 15.6 Å². The number of nitrogens with zero attached hydrogens (tertiary/aromatic N) is 2. The zero-order valence-corrected chi connectivity index (χ0v) is 17.1. The van der Waals surface area contributed by atoms with E-state index in [1.54, 1.807) is 25.3 Å². The molecule has 0 radical (unpaired) electrons. The maximum Gasteiger partial charge on any atom is 0.336 e. The first kappa shape index (κ1) is 18.9. The number of benzene rings is 2. The van der Waals surface area contributed by atoms with Crippen LogP contribution in [0.5, 0.6) is 11.5 Å². The second-order valence-corrected chi connectivity index (χ2v) is 7.12. The number of fused-ring (bicyclic) bond motifs is 1.